The van der Waals surface area contributed by atoms with Gasteiger partial charge >= 0.3 is 5.91 Å². The number of benzene rings is 1. The van der Waals surface area contributed by atoms with Crippen molar-refractivity contribution in [3.05, 3.63) is 51.9 Å². The third-order valence-corrected chi connectivity index (χ3v) is 4.86. The standard InChI is InChI=1S/C16H14ClNO4S/c1-9-15(23(20)21)7-14(22-9)16(19)18-8-11-3-2-10-6-12(17)4-5-13(10)11/h4-8,11H,2-3H2,1H3,(H,20,21)/p-1. The van der Waals surface area contributed by atoms with Crippen LogP contribution < -0.4 is 0 Å². The second kappa shape index (κ2) is 6.39. The van der Waals surface area contributed by atoms with Gasteiger partial charge < -0.3 is 8.97 Å². The van der Waals surface area contributed by atoms with Gasteiger partial charge in [-0.1, -0.05) is 17.7 Å². The van der Waals surface area contributed by atoms with Crippen LogP contribution in [0.3, 0.4) is 0 Å². The highest BCUT2D eigenvalue weighted by molar-refractivity contribution is 7.79. The summed E-state index contributed by atoms with van der Waals surface area (Å²) in [7, 11) is 0. The molecule has 3 rings (SSSR count). The molecule has 0 aliphatic heterocycles. The van der Waals surface area contributed by atoms with Crippen LogP contribution in [0.4, 0.5) is 0 Å². The van der Waals surface area contributed by atoms with E-state index in [-0.39, 0.29) is 22.3 Å². The zero-order chi connectivity index (χ0) is 16.6. The minimum absolute atomic E-state index is 0.0237. The number of aliphatic imine (C=N–C) groups is 1. The largest absolute Gasteiger partial charge is 0.768 e. The average Bonchev–Trinajstić information content (AvgIpc) is 3.08. The van der Waals surface area contributed by atoms with Crippen LogP contribution in [0.15, 0.2) is 38.6 Å². The summed E-state index contributed by atoms with van der Waals surface area (Å²) in [5, 5.41) is 0.696. The van der Waals surface area contributed by atoms with Crippen LogP contribution in [-0.4, -0.2) is 20.9 Å². The lowest BCUT2D eigenvalue weighted by molar-refractivity contribution is 0.0975. The zero-order valence-corrected chi connectivity index (χ0v) is 13.8. The molecule has 1 aromatic carbocycles. The van der Waals surface area contributed by atoms with Gasteiger partial charge in [0.25, 0.3) is 0 Å². The minimum atomic E-state index is -2.43. The normalized spacial score (nSPS) is 18.3. The fourth-order valence-electron chi connectivity index (χ4n) is 2.73. The summed E-state index contributed by atoms with van der Waals surface area (Å²) in [6.07, 6.45) is 3.34. The SMILES string of the molecule is Cc1oc(C(=O)N=CC2CCc3cc(Cl)ccc32)cc1S(=O)[O-]. The van der Waals surface area contributed by atoms with Gasteiger partial charge in [0.05, 0.1) is 4.90 Å². The molecule has 1 heterocycles. The summed E-state index contributed by atoms with van der Waals surface area (Å²) < 4.78 is 27.1. The molecule has 120 valence electrons. The maximum Gasteiger partial charge on any atom is 0.312 e. The molecular formula is C16H13ClNO4S-. The molecule has 0 N–H and O–H groups in total. The topological polar surface area (TPSA) is 82.7 Å². The molecule has 0 spiro atoms. The third-order valence-electron chi connectivity index (χ3n) is 3.86. The fourth-order valence-corrected chi connectivity index (χ4v) is 3.41. The van der Waals surface area contributed by atoms with Crippen LogP contribution >= 0.6 is 11.6 Å². The van der Waals surface area contributed by atoms with Crippen molar-refractivity contribution in [3.63, 3.8) is 0 Å². The molecule has 5 nitrogen and oxygen atoms in total. The number of hydrogen-bond acceptors (Lipinski definition) is 4. The molecular weight excluding hydrogens is 338 g/mol. The number of carbonyl (C=O) groups excluding carboxylic acids is 1. The number of amides is 1. The molecule has 23 heavy (non-hydrogen) atoms. The molecule has 0 saturated heterocycles. The fraction of sp³-hybridized carbons (Fsp3) is 0.250. The second-order valence-corrected chi connectivity index (χ2v) is 6.68. The average molecular weight is 351 g/mol. The first-order chi connectivity index (χ1) is 11.0. The van der Waals surface area contributed by atoms with E-state index in [0.717, 1.165) is 18.4 Å². The number of nitrogens with zero attached hydrogens (tertiary/aromatic N) is 1. The predicted octanol–water partition coefficient (Wildman–Crippen LogP) is 3.42. The monoisotopic (exact) mass is 350 g/mol. The first-order valence-corrected chi connectivity index (χ1v) is 8.47. The number of rotatable bonds is 3. The van der Waals surface area contributed by atoms with Crippen molar-refractivity contribution < 1.29 is 18.0 Å². The summed E-state index contributed by atoms with van der Waals surface area (Å²) >= 11 is 3.54. The number of furan rings is 1. The lowest BCUT2D eigenvalue weighted by atomic mass is 10.0. The van der Waals surface area contributed by atoms with E-state index in [2.05, 4.69) is 4.99 Å². The van der Waals surface area contributed by atoms with Gasteiger partial charge in [-0.3, -0.25) is 9.00 Å². The van der Waals surface area contributed by atoms with E-state index in [1.165, 1.54) is 18.6 Å². The van der Waals surface area contributed by atoms with Crippen LogP contribution in [-0.2, 0) is 17.5 Å². The molecule has 2 atom stereocenters. The number of halogens is 1. The van der Waals surface area contributed by atoms with Crippen LogP contribution in [0.5, 0.6) is 0 Å². The van der Waals surface area contributed by atoms with E-state index in [1.54, 1.807) is 6.21 Å². The van der Waals surface area contributed by atoms with Gasteiger partial charge in [0.1, 0.15) is 5.76 Å². The molecule has 1 amide bonds. The van der Waals surface area contributed by atoms with E-state index >= 15 is 0 Å². The quantitative estimate of drug-likeness (QED) is 0.627. The van der Waals surface area contributed by atoms with E-state index in [1.807, 2.05) is 18.2 Å². The Kier molecular flexibility index (Phi) is 4.48. The lowest BCUT2D eigenvalue weighted by Crippen LogP contribution is -1.99. The van der Waals surface area contributed by atoms with Crippen LogP contribution in [0, 0.1) is 6.92 Å². The highest BCUT2D eigenvalue weighted by atomic mass is 35.5. The number of hydrogen-bond donors (Lipinski definition) is 0. The van der Waals surface area contributed by atoms with Crippen molar-refractivity contribution >= 4 is 34.8 Å². The Bertz CT molecular complexity index is 827. The molecule has 0 fully saturated rings. The van der Waals surface area contributed by atoms with Crippen molar-refractivity contribution in [1.29, 1.82) is 0 Å². The molecule has 1 aliphatic rings. The zero-order valence-electron chi connectivity index (χ0n) is 12.2. The van der Waals surface area contributed by atoms with Crippen LogP contribution in [0.25, 0.3) is 0 Å². The Morgan fingerprint density at radius 1 is 1.48 bits per heavy atom. The van der Waals surface area contributed by atoms with E-state index in [0.29, 0.717) is 5.02 Å². The van der Waals surface area contributed by atoms with Crippen LogP contribution in [0.2, 0.25) is 5.02 Å². The minimum Gasteiger partial charge on any atom is -0.768 e. The summed E-state index contributed by atoms with van der Waals surface area (Å²) in [5.41, 5.74) is 2.28. The maximum absolute atomic E-state index is 12.0. The molecule has 0 bridgehead atoms. The summed E-state index contributed by atoms with van der Waals surface area (Å²) in [6.45, 7) is 1.49. The van der Waals surface area contributed by atoms with Gasteiger partial charge in [-0.15, -0.1) is 0 Å². The van der Waals surface area contributed by atoms with Gasteiger partial charge in [-0.25, -0.2) is 4.99 Å². The molecule has 2 unspecified atom stereocenters. The Hall–Kier alpha value is -1.76. The Labute approximate surface area is 140 Å². The van der Waals surface area contributed by atoms with Crippen molar-refractivity contribution in [2.45, 2.75) is 30.6 Å². The summed E-state index contributed by atoms with van der Waals surface area (Å²) in [5.74, 6) is -0.437. The van der Waals surface area contributed by atoms with Gasteiger partial charge in [0.2, 0.25) is 0 Å². The maximum atomic E-state index is 12.0. The lowest BCUT2D eigenvalue weighted by Gasteiger charge is -2.04. The first-order valence-electron chi connectivity index (χ1n) is 7.02. The first kappa shape index (κ1) is 16.1. The molecule has 0 saturated carbocycles. The molecule has 1 aliphatic carbocycles. The van der Waals surface area contributed by atoms with Crippen molar-refractivity contribution in [3.8, 4) is 0 Å². The highest BCUT2D eigenvalue weighted by Gasteiger charge is 2.22. The van der Waals surface area contributed by atoms with Crippen molar-refractivity contribution in [1.82, 2.24) is 0 Å². The predicted molar refractivity (Wildman–Crippen MR) is 86.0 cm³/mol. The van der Waals surface area contributed by atoms with E-state index < -0.39 is 17.0 Å². The Morgan fingerprint density at radius 3 is 2.96 bits per heavy atom. The molecule has 1 aromatic heterocycles. The van der Waals surface area contributed by atoms with Gasteiger partial charge in [0, 0.05) is 23.2 Å². The molecule has 0 radical (unpaired) electrons. The van der Waals surface area contributed by atoms with Gasteiger partial charge in [-0.2, -0.15) is 0 Å². The van der Waals surface area contributed by atoms with Crippen molar-refractivity contribution in [2.75, 3.05) is 0 Å². The number of fused-ring (bicyclic) bond motifs is 1. The van der Waals surface area contributed by atoms with E-state index in [9.17, 15) is 13.6 Å². The Morgan fingerprint density at radius 2 is 2.26 bits per heavy atom. The van der Waals surface area contributed by atoms with E-state index in [4.69, 9.17) is 16.0 Å². The summed E-state index contributed by atoms with van der Waals surface area (Å²) in [6, 6.07) is 6.89. The second-order valence-electron chi connectivity index (χ2n) is 5.34. The molecule has 2 aromatic rings. The number of carbonyl (C=O) groups is 1. The third kappa shape index (κ3) is 3.29. The van der Waals surface area contributed by atoms with Crippen molar-refractivity contribution in [2.24, 2.45) is 4.99 Å². The van der Waals surface area contributed by atoms with Gasteiger partial charge in [0.15, 0.2) is 5.76 Å². The van der Waals surface area contributed by atoms with Gasteiger partial charge in [-0.05, 0) is 54.1 Å². The molecule has 7 heteroatoms. The number of aryl methyl sites for hydroxylation is 2. The van der Waals surface area contributed by atoms with Crippen LogP contribution in [0.1, 0.15) is 39.8 Å². The smallest absolute Gasteiger partial charge is 0.312 e. The Balaban J connectivity index is 1.78. The summed E-state index contributed by atoms with van der Waals surface area (Å²) in [4.78, 5) is 15.9. The highest BCUT2D eigenvalue weighted by Crippen LogP contribution is 2.33.